The molecule has 0 fully saturated rings. The average Bonchev–Trinajstić information content (AvgIpc) is 2.39. The third-order valence-corrected chi connectivity index (χ3v) is 2.38. The highest BCUT2D eigenvalue weighted by Crippen LogP contribution is 2.19. The zero-order valence-electron chi connectivity index (χ0n) is 8.59. The Morgan fingerprint density at radius 1 is 0.812 bits per heavy atom. The van der Waals surface area contributed by atoms with Crippen LogP contribution in [0.25, 0.3) is 11.1 Å². The lowest BCUT2D eigenvalue weighted by atomic mass is 10.0. The van der Waals surface area contributed by atoms with E-state index in [9.17, 15) is 9.59 Å². The first kappa shape index (κ1) is 10.3. The molecule has 0 aliphatic heterocycles. The Balaban J connectivity index is 2.33. The first-order chi connectivity index (χ1) is 7.81. The summed E-state index contributed by atoms with van der Waals surface area (Å²) in [4.78, 5) is 21.4. The summed E-state index contributed by atoms with van der Waals surface area (Å²) >= 11 is 0. The Bertz CT molecular complexity index is 498. The zero-order chi connectivity index (χ0) is 11.4. The van der Waals surface area contributed by atoms with Crippen molar-refractivity contribution in [1.82, 2.24) is 0 Å². The fourth-order valence-corrected chi connectivity index (χ4v) is 1.53. The molecule has 0 aliphatic carbocycles. The maximum Gasteiger partial charge on any atom is 0.225 e. The van der Waals surface area contributed by atoms with Crippen molar-refractivity contribution in [1.29, 1.82) is 0 Å². The maximum atomic E-state index is 11.1. The molecule has 0 bridgehead atoms. The van der Waals surface area contributed by atoms with E-state index < -0.39 is 5.78 Å². The number of benzene rings is 2. The molecule has 16 heavy (non-hydrogen) atoms. The lowest BCUT2D eigenvalue weighted by Crippen LogP contribution is -1.98. The normalized spacial score (nSPS) is 9.75. The van der Waals surface area contributed by atoms with Crippen LogP contribution < -0.4 is 0 Å². The number of hydrogen-bond acceptors (Lipinski definition) is 2. The molecular weight excluding hydrogens is 200 g/mol. The molecule has 2 nitrogen and oxygen atoms in total. The van der Waals surface area contributed by atoms with Gasteiger partial charge in [-0.3, -0.25) is 9.59 Å². The standard InChI is InChI=1S/C14H10O2/c15-10-14(16)13-8-6-12(7-9-13)11-4-2-1-3-5-11/h1-10H. The van der Waals surface area contributed by atoms with Crippen molar-refractivity contribution in [2.24, 2.45) is 0 Å². The molecule has 78 valence electrons. The number of hydrogen-bond donors (Lipinski definition) is 0. The van der Waals surface area contributed by atoms with Crippen LogP contribution in [0.3, 0.4) is 0 Å². The van der Waals surface area contributed by atoms with Gasteiger partial charge in [-0.05, 0) is 11.1 Å². The lowest BCUT2D eigenvalue weighted by Gasteiger charge is -2.01. The van der Waals surface area contributed by atoms with Crippen molar-refractivity contribution in [3.63, 3.8) is 0 Å². The molecule has 0 saturated carbocycles. The lowest BCUT2D eigenvalue weighted by molar-refractivity contribution is -0.104. The van der Waals surface area contributed by atoms with E-state index in [-0.39, 0.29) is 0 Å². The van der Waals surface area contributed by atoms with Crippen LogP contribution in [0.2, 0.25) is 0 Å². The van der Waals surface area contributed by atoms with Gasteiger partial charge in [0.1, 0.15) is 0 Å². The van der Waals surface area contributed by atoms with Crippen LogP contribution in [-0.2, 0) is 4.79 Å². The van der Waals surface area contributed by atoms with Crippen molar-refractivity contribution in [3.05, 3.63) is 60.2 Å². The van der Waals surface area contributed by atoms with Crippen LogP contribution in [0.15, 0.2) is 54.6 Å². The highest BCUT2D eigenvalue weighted by atomic mass is 16.2. The van der Waals surface area contributed by atoms with Gasteiger partial charge in [-0.2, -0.15) is 0 Å². The molecule has 0 atom stereocenters. The number of carbonyl (C=O) groups is 2. The van der Waals surface area contributed by atoms with Gasteiger partial charge in [-0.1, -0.05) is 54.6 Å². The van der Waals surface area contributed by atoms with Gasteiger partial charge in [-0.15, -0.1) is 0 Å². The molecule has 2 heteroatoms. The van der Waals surface area contributed by atoms with Gasteiger partial charge >= 0.3 is 0 Å². The molecule has 0 heterocycles. The Labute approximate surface area is 93.5 Å². The number of carbonyl (C=O) groups excluding carboxylic acids is 2. The van der Waals surface area contributed by atoms with Crippen LogP contribution in [0.1, 0.15) is 10.4 Å². The van der Waals surface area contributed by atoms with Gasteiger partial charge in [0.15, 0.2) is 6.29 Å². The summed E-state index contributed by atoms with van der Waals surface area (Å²) in [5.74, 6) is -0.486. The molecular formula is C14H10O2. The van der Waals surface area contributed by atoms with E-state index in [1.807, 2.05) is 42.5 Å². The van der Waals surface area contributed by atoms with Gasteiger partial charge in [-0.25, -0.2) is 0 Å². The van der Waals surface area contributed by atoms with Gasteiger partial charge < -0.3 is 0 Å². The molecule has 2 aromatic rings. The Hall–Kier alpha value is -2.22. The SMILES string of the molecule is O=CC(=O)c1ccc(-c2ccccc2)cc1. The second-order valence-corrected chi connectivity index (χ2v) is 3.43. The largest absolute Gasteiger partial charge is 0.294 e. The minimum Gasteiger partial charge on any atom is -0.294 e. The van der Waals surface area contributed by atoms with Crippen LogP contribution in [0.5, 0.6) is 0 Å². The molecule has 0 aliphatic rings. The van der Waals surface area contributed by atoms with Crippen LogP contribution in [-0.4, -0.2) is 12.1 Å². The summed E-state index contributed by atoms with van der Waals surface area (Å²) in [7, 11) is 0. The molecule has 0 saturated heterocycles. The van der Waals surface area contributed by atoms with Crippen molar-refractivity contribution in [2.45, 2.75) is 0 Å². The van der Waals surface area contributed by atoms with Gasteiger partial charge in [0.05, 0.1) is 0 Å². The predicted octanol–water partition coefficient (Wildman–Crippen LogP) is 2.74. The van der Waals surface area contributed by atoms with E-state index in [1.54, 1.807) is 12.1 Å². The van der Waals surface area contributed by atoms with E-state index >= 15 is 0 Å². The summed E-state index contributed by atoms with van der Waals surface area (Å²) in [6, 6.07) is 16.9. The van der Waals surface area contributed by atoms with Crippen LogP contribution >= 0.6 is 0 Å². The summed E-state index contributed by atoms with van der Waals surface area (Å²) in [6.45, 7) is 0. The molecule has 2 aromatic carbocycles. The van der Waals surface area contributed by atoms with E-state index in [0.29, 0.717) is 11.8 Å². The summed E-state index contributed by atoms with van der Waals surface area (Å²) < 4.78 is 0. The topological polar surface area (TPSA) is 34.1 Å². The summed E-state index contributed by atoms with van der Waals surface area (Å²) in [5, 5.41) is 0. The second-order valence-electron chi connectivity index (χ2n) is 3.43. The maximum absolute atomic E-state index is 11.1. The molecule has 0 unspecified atom stereocenters. The van der Waals surface area contributed by atoms with E-state index in [2.05, 4.69) is 0 Å². The van der Waals surface area contributed by atoms with Gasteiger partial charge in [0.2, 0.25) is 5.78 Å². The minimum atomic E-state index is -0.486. The molecule has 0 radical (unpaired) electrons. The molecule has 0 amide bonds. The Kier molecular flexibility index (Phi) is 2.92. The van der Waals surface area contributed by atoms with E-state index in [1.165, 1.54) is 0 Å². The predicted molar refractivity (Wildman–Crippen MR) is 62.3 cm³/mol. The van der Waals surface area contributed by atoms with Crippen LogP contribution in [0, 0.1) is 0 Å². The average molecular weight is 210 g/mol. The zero-order valence-corrected chi connectivity index (χ0v) is 8.59. The first-order valence-corrected chi connectivity index (χ1v) is 4.96. The van der Waals surface area contributed by atoms with Crippen molar-refractivity contribution in [2.75, 3.05) is 0 Å². The van der Waals surface area contributed by atoms with Crippen molar-refractivity contribution < 1.29 is 9.59 Å². The number of rotatable bonds is 3. The van der Waals surface area contributed by atoms with Crippen LogP contribution in [0.4, 0.5) is 0 Å². The Morgan fingerprint density at radius 3 is 1.94 bits per heavy atom. The number of Topliss-reactive ketones (excluding diaryl/α,β-unsaturated/α-hetero) is 1. The third kappa shape index (κ3) is 2.06. The fourth-order valence-electron chi connectivity index (χ4n) is 1.53. The van der Waals surface area contributed by atoms with E-state index in [0.717, 1.165) is 11.1 Å². The fraction of sp³-hybridized carbons (Fsp3) is 0. The molecule has 0 aromatic heterocycles. The number of aldehydes is 1. The number of ketones is 1. The summed E-state index contributed by atoms with van der Waals surface area (Å²) in [5.41, 5.74) is 2.55. The summed E-state index contributed by atoms with van der Waals surface area (Å²) in [6.07, 6.45) is 0.331. The Morgan fingerprint density at radius 2 is 1.38 bits per heavy atom. The molecule has 2 rings (SSSR count). The monoisotopic (exact) mass is 210 g/mol. The van der Waals surface area contributed by atoms with Crippen molar-refractivity contribution in [3.8, 4) is 11.1 Å². The van der Waals surface area contributed by atoms with E-state index in [4.69, 9.17) is 0 Å². The molecule has 0 spiro atoms. The first-order valence-electron chi connectivity index (χ1n) is 4.96. The highest BCUT2D eigenvalue weighted by Gasteiger charge is 2.03. The minimum absolute atomic E-state index is 0.331. The van der Waals surface area contributed by atoms with Gasteiger partial charge in [0.25, 0.3) is 0 Å². The quantitative estimate of drug-likeness (QED) is 0.443. The highest BCUT2D eigenvalue weighted by molar-refractivity contribution is 6.33. The van der Waals surface area contributed by atoms with Crippen molar-refractivity contribution >= 4 is 12.1 Å². The second kappa shape index (κ2) is 4.53. The molecule has 0 N–H and O–H groups in total. The third-order valence-electron chi connectivity index (χ3n) is 2.38. The van der Waals surface area contributed by atoms with Gasteiger partial charge in [0, 0.05) is 5.56 Å². The smallest absolute Gasteiger partial charge is 0.225 e.